The maximum atomic E-state index is 13.4. The molecule has 0 spiro atoms. The van der Waals surface area contributed by atoms with Gasteiger partial charge in [-0.1, -0.05) is 38.2 Å². The SMILES string of the molecule is C=C(C)C1/C=C\[C@@H](C)C(=O)[C@@]23C[C@H](C)[C@H](OC(C)=O)[C@]2(/C=C(\C)[C@@H](O)C1OC)O3. The van der Waals surface area contributed by atoms with Crippen molar-refractivity contribution in [2.75, 3.05) is 7.11 Å². The molecule has 160 valence electrons. The average Bonchev–Trinajstić information content (AvgIpc) is 3.21. The fourth-order valence-corrected chi connectivity index (χ4v) is 5.14. The van der Waals surface area contributed by atoms with Crippen molar-refractivity contribution in [2.45, 2.75) is 70.6 Å². The van der Waals surface area contributed by atoms with Crippen molar-refractivity contribution in [3.63, 3.8) is 0 Å². The van der Waals surface area contributed by atoms with Gasteiger partial charge in [0.1, 0.15) is 12.2 Å². The van der Waals surface area contributed by atoms with E-state index >= 15 is 0 Å². The Balaban J connectivity index is 2.14. The standard InChI is InChI=1S/C23H32O6/c1-12(2)17-9-8-13(3)20(26)22-11-15(5)21(28-16(6)24)23(22,29-22)10-14(4)18(25)19(17)27-7/h8-10,13,15,17-19,21,25H,1,11H2,2-7H3/b9-8-,14-10+/t13-,15+,17?,18-,19?,21+,22+,23+/m1/s1. The lowest BCUT2D eigenvalue weighted by Crippen LogP contribution is -2.40. The summed E-state index contributed by atoms with van der Waals surface area (Å²) in [5.74, 6) is -1.14. The van der Waals surface area contributed by atoms with Crippen LogP contribution in [0.15, 0.2) is 36.0 Å². The zero-order chi connectivity index (χ0) is 21.7. The van der Waals surface area contributed by atoms with Crippen molar-refractivity contribution in [1.29, 1.82) is 0 Å². The van der Waals surface area contributed by atoms with E-state index in [-0.39, 0.29) is 17.6 Å². The molecule has 2 fully saturated rings. The van der Waals surface area contributed by atoms with Gasteiger partial charge in [-0.05, 0) is 37.8 Å². The number of ether oxygens (including phenoxy) is 3. The van der Waals surface area contributed by atoms with Crippen molar-refractivity contribution in [3.05, 3.63) is 36.0 Å². The lowest BCUT2D eigenvalue weighted by atomic mass is 9.84. The largest absolute Gasteiger partial charge is 0.459 e. The normalized spacial score (nSPS) is 47.1. The molecule has 1 saturated heterocycles. The van der Waals surface area contributed by atoms with Crippen molar-refractivity contribution in [1.82, 2.24) is 0 Å². The second-order valence-electron chi connectivity index (χ2n) is 8.88. The number of rotatable bonds is 3. The predicted molar refractivity (Wildman–Crippen MR) is 108 cm³/mol. The van der Waals surface area contributed by atoms with E-state index in [0.717, 1.165) is 5.57 Å². The lowest BCUT2D eigenvalue weighted by Gasteiger charge is -2.30. The average molecular weight is 405 g/mol. The third kappa shape index (κ3) is 3.31. The molecule has 6 heteroatoms. The third-order valence-electron chi connectivity index (χ3n) is 6.61. The molecule has 0 amide bonds. The fraction of sp³-hybridized carbons (Fsp3) is 0.652. The van der Waals surface area contributed by atoms with Crippen LogP contribution in [-0.2, 0) is 23.8 Å². The first-order chi connectivity index (χ1) is 13.5. The summed E-state index contributed by atoms with van der Waals surface area (Å²) in [6, 6.07) is 0. The maximum absolute atomic E-state index is 13.4. The van der Waals surface area contributed by atoms with Crippen LogP contribution in [0, 0.1) is 17.8 Å². The van der Waals surface area contributed by atoms with E-state index in [2.05, 4.69) is 6.58 Å². The molecule has 2 aliphatic carbocycles. The lowest BCUT2D eigenvalue weighted by molar-refractivity contribution is -0.151. The first-order valence-electron chi connectivity index (χ1n) is 10.2. The van der Waals surface area contributed by atoms with Crippen LogP contribution in [0.3, 0.4) is 0 Å². The number of ketones is 1. The van der Waals surface area contributed by atoms with Crippen LogP contribution in [-0.4, -0.2) is 53.5 Å². The summed E-state index contributed by atoms with van der Waals surface area (Å²) in [5, 5.41) is 11.1. The van der Waals surface area contributed by atoms with Gasteiger partial charge in [-0.2, -0.15) is 0 Å². The summed E-state index contributed by atoms with van der Waals surface area (Å²) in [6.07, 6.45) is 3.92. The fourth-order valence-electron chi connectivity index (χ4n) is 5.14. The molecule has 1 saturated carbocycles. The summed E-state index contributed by atoms with van der Waals surface area (Å²) in [6.45, 7) is 12.9. The first-order valence-corrected chi connectivity index (χ1v) is 10.2. The maximum Gasteiger partial charge on any atom is 0.303 e. The van der Waals surface area contributed by atoms with E-state index in [9.17, 15) is 14.7 Å². The molecule has 2 unspecified atom stereocenters. The number of hydrogen-bond donors (Lipinski definition) is 1. The van der Waals surface area contributed by atoms with Gasteiger partial charge >= 0.3 is 5.97 Å². The Labute approximate surface area is 172 Å². The smallest absolute Gasteiger partial charge is 0.303 e. The van der Waals surface area contributed by atoms with Crippen molar-refractivity contribution >= 4 is 11.8 Å². The number of aliphatic hydroxyl groups excluding tert-OH is 1. The predicted octanol–water partition coefficient (Wildman–Crippen LogP) is 2.76. The van der Waals surface area contributed by atoms with Gasteiger partial charge in [0, 0.05) is 25.9 Å². The number of carbonyl (C=O) groups excluding carboxylic acids is 2. The molecule has 3 rings (SSSR count). The second-order valence-corrected chi connectivity index (χ2v) is 8.88. The second kappa shape index (κ2) is 7.49. The number of epoxide rings is 1. The highest BCUT2D eigenvalue weighted by atomic mass is 16.7. The number of hydrogen-bond acceptors (Lipinski definition) is 6. The minimum Gasteiger partial charge on any atom is -0.459 e. The van der Waals surface area contributed by atoms with Gasteiger partial charge in [0.05, 0.1) is 6.10 Å². The number of Topliss-reactive ketones (excluding diaryl/α,β-unsaturated/α-hetero) is 1. The Morgan fingerprint density at radius 1 is 1.31 bits per heavy atom. The van der Waals surface area contributed by atoms with Gasteiger partial charge in [0.15, 0.2) is 17.0 Å². The van der Waals surface area contributed by atoms with E-state index in [0.29, 0.717) is 12.0 Å². The molecule has 1 aliphatic heterocycles. The molecule has 0 aromatic carbocycles. The highest BCUT2D eigenvalue weighted by Crippen LogP contribution is 2.65. The Hall–Kier alpha value is -1.76. The Kier molecular flexibility index (Phi) is 5.67. The topological polar surface area (TPSA) is 85.4 Å². The van der Waals surface area contributed by atoms with Gasteiger partial charge in [-0.15, -0.1) is 0 Å². The van der Waals surface area contributed by atoms with Crippen molar-refractivity contribution in [2.24, 2.45) is 17.8 Å². The van der Waals surface area contributed by atoms with Gasteiger partial charge in [-0.25, -0.2) is 0 Å². The third-order valence-corrected chi connectivity index (χ3v) is 6.61. The summed E-state index contributed by atoms with van der Waals surface area (Å²) in [7, 11) is 1.55. The van der Waals surface area contributed by atoms with Gasteiger partial charge in [-0.3, -0.25) is 9.59 Å². The highest BCUT2D eigenvalue weighted by molar-refractivity contribution is 5.96. The Morgan fingerprint density at radius 3 is 2.52 bits per heavy atom. The Bertz CT molecular complexity index is 782. The molecule has 3 aliphatic rings. The van der Waals surface area contributed by atoms with Gasteiger partial charge < -0.3 is 19.3 Å². The summed E-state index contributed by atoms with van der Waals surface area (Å²) in [5.41, 5.74) is -0.637. The number of allylic oxidation sites excluding steroid dienone is 1. The monoisotopic (exact) mass is 404 g/mol. The van der Waals surface area contributed by atoms with Crippen molar-refractivity contribution in [3.8, 4) is 0 Å². The Morgan fingerprint density at radius 2 is 1.97 bits per heavy atom. The van der Waals surface area contributed by atoms with Gasteiger partial charge in [0.25, 0.3) is 0 Å². The van der Waals surface area contributed by atoms with E-state index in [4.69, 9.17) is 14.2 Å². The molecule has 0 bridgehead atoms. The molecular weight excluding hydrogens is 372 g/mol. The zero-order valence-electron chi connectivity index (χ0n) is 18.1. The molecule has 0 radical (unpaired) electrons. The minimum atomic E-state index is -1.05. The summed E-state index contributed by atoms with van der Waals surface area (Å²) in [4.78, 5) is 25.2. The van der Waals surface area contributed by atoms with Crippen LogP contribution >= 0.6 is 0 Å². The summed E-state index contributed by atoms with van der Waals surface area (Å²) >= 11 is 0. The zero-order valence-corrected chi connectivity index (χ0v) is 18.1. The molecule has 0 aromatic heterocycles. The number of aliphatic hydroxyl groups is 1. The molecule has 1 heterocycles. The highest BCUT2D eigenvalue weighted by Gasteiger charge is 2.82. The van der Waals surface area contributed by atoms with E-state index < -0.39 is 41.4 Å². The van der Waals surface area contributed by atoms with E-state index in [1.54, 1.807) is 20.1 Å². The quantitative estimate of drug-likeness (QED) is 0.442. The van der Waals surface area contributed by atoms with Crippen molar-refractivity contribution < 1.29 is 28.9 Å². The first kappa shape index (κ1) is 21.9. The van der Waals surface area contributed by atoms with E-state index in [1.165, 1.54) is 6.92 Å². The van der Waals surface area contributed by atoms with Gasteiger partial charge in [0.2, 0.25) is 0 Å². The van der Waals surface area contributed by atoms with Crippen LogP contribution in [0.1, 0.15) is 41.0 Å². The van der Waals surface area contributed by atoms with Crippen LogP contribution < -0.4 is 0 Å². The number of carbonyl (C=O) groups is 2. The van der Waals surface area contributed by atoms with Crippen LogP contribution in [0.2, 0.25) is 0 Å². The number of esters is 1. The molecule has 6 nitrogen and oxygen atoms in total. The molecular formula is C23H32O6. The minimum absolute atomic E-state index is 0.0369. The number of methoxy groups -OCH3 is 1. The molecule has 29 heavy (non-hydrogen) atoms. The summed E-state index contributed by atoms with van der Waals surface area (Å²) < 4.78 is 17.4. The molecule has 1 N–H and O–H groups in total. The van der Waals surface area contributed by atoms with Crippen LogP contribution in [0.4, 0.5) is 0 Å². The molecule has 0 aromatic rings. The van der Waals surface area contributed by atoms with Crippen LogP contribution in [0.25, 0.3) is 0 Å². The molecule has 8 atom stereocenters. The van der Waals surface area contributed by atoms with Crippen LogP contribution in [0.5, 0.6) is 0 Å². The van der Waals surface area contributed by atoms with E-state index in [1.807, 2.05) is 32.9 Å².